The second kappa shape index (κ2) is 19.2. The molecule has 7 nitrogen and oxygen atoms in total. The van der Waals surface area contributed by atoms with Crippen molar-refractivity contribution < 1.29 is 19.1 Å². The zero-order chi connectivity index (χ0) is 30.8. The van der Waals surface area contributed by atoms with Crippen molar-refractivity contribution in [3.63, 3.8) is 0 Å². The minimum Gasteiger partial charge on any atom is -0.444 e. The van der Waals surface area contributed by atoms with Gasteiger partial charge in [-0.3, -0.25) is 9.59 Å². The van der Waals surface area contributed by atoms with Crippen LogP contribution in [0, 0.1) is 18.3 Å². The van der Waals surface area contributed by atoms with Gasteiger partial charge >= 0.3 is 6.09 Å². The maximum absolute atomic E-state index is 14.3. The lowest BCUT2D eigenvalue weighted by atomic mass is 9.98. The summed E-state index contributed by atoms with van der Waals surface area (Å²) in [6.07, 6.45) is 14.6. The van der Waals surface area contributed by atoms with Gasteiger partial charge in [-0.15, -0.1) is 6.42 Å². The van der Waals surface area contributed by atoms with Crippen LogP contribution in [0.15, 0.2) is 24.3 Å². The van der Waals surface area contributed by atoms with Crippen LogP contribution in [-0.4, -0.2) is 47.5 Å². The van der Waals surface area contributed by atoms with Gasteiger partial charge in [0, 0.05) is 18.7 Å². The predicted octanol–water partition coefficient (Wildman–Crippen LogP) is 7.14. The summed E-state index contributed by atoms with van der Waals surface area (Å²) in [5, 5.41) is 5.88. The van der Waals surface area contributed by atoms with Crippen LogP contribution < -0.4 is 10.6 Å². The lowest BCUT2D eigenvalue weighted by Crippen LogP contribution is -2.53. The number of nitrogens with one attached hydrogen (secondary N) is 2. The van der Waals surface area contributed by atoms with Gasteiger partial charge in [0.2, 0.25) is 11.8 Å². The molecule has 0 aliphatic rings. The number of unbranched alkanes of at least 4 members (excludes halogenated alkanes) is 7. The molecule has 1 rings (SSSR count). The average molecular weight is 570 g/mol. The highest BCUT2D eigenvalue weighted by molar-refractivity contribution is 5.92. The summed E-state index contributed by atoms with van der Waals surface area (Å²) in [6, 6.07) is 5.57. The van der Waals surface area contributed by atoms with Gasteiger partial charge in [-0.05, 0) is 63.6 Å². The van der Waals surface area contributed by atoms with E-state index in [2.05, 4.69) is 30.4 Å². The molecule has 41 heavy (non-hydrogen) atoms. The first-order valence-electron chi connectivity index (χ1n) is 15.6. The van der Waals surface area contributed by atoms with Gasteiger partial charge in [0.15, 0.2) is 0 Å². The predicted molar refractivity (Wildman–Crippen MR) is 167 cm³/mol. The van der Waals surface area contributed by atoms with Crippen LogP contribution in [0.4, 0.5) is 4.79 Å². The summed E-state index contributed by atoms with van der Waals surface area (Å²) < 4.78 is 5.49. The Morgan fingerprint density at radius 3 is 2.07 bits per heavy atom. The van der Waals surface area contributed by atoms with E-state index in [-0.39, 0.29) is 17.7 Å². The van der Waals surface area contributed by atoms with Crippen molar-refractivity contribution in [3.8, 4) is 12.3 Å². The van der Waals surface area contributed by atoms with E-state index in [1.165, 1.54) is 6.42 Å². The number of hydrogen-bond acceptors (Lipinski definition) is 4. The minimum absolute atomic E-state index is 0.131. The molecule has 0 saturated heterocycles. The van der Waals surface area contributed by atoms with Gasteiger partial charge < -0.3 is 20.3 Å². The van der Waals surface area contributed by atoms with Crippen LogP contribution in [0.3, 0.4) is 0 Å². The lowest BCUT2D eigenvalue weighted by molar-refractivity contribution is -0.143. The van der Waals surface area contributed by atoms with E-state index >= 15 is 0 Å². The Morgan fingerprint density at radius 1 is 0.927 bits per heavy atom. The number of ether oxygens (including phenoxy) is 1. The smallest absolute Gasteiger partial charge is 0.408 e. The molecule has 1 aromatic carbocycles. The van der Waals surface area contributed by atoms with Crippen molar-refractivity contribution in [1.29, 1.82) is 0 Å². The fourth-order valence-corrected chi connectivity index (χ4v) is 4.69. The third kappa shape index (κ3) is 14.4. The number of nitrogens with zero attached hydrogens (tertiary/aromatic N) is 1. The molecule has 0 aromatic heterocycles. The van der Waals surface area contributed by atoms with E-state index in [0.29, 0.717) is 30.6 Å². The monoisotopic (exact) mass is 569 g/mol. The topological polar surface area (TPSA) is 87.7 Å². The van der Waals surface area contributed by atoms with Gasteiger partial charge in [0.05, 0.1) is 0 Å². The number of rotatable bonds is 18. The van der Waals surface area contributed by atoms with Crippen LogP contribution in [0.2, 0.25) is 0 Å². The third-order valence-electron chi connectivity index (χ3n) is 6.76. The summed E-state index contributed by atoms with van der Waals surface area (Å²) in [7, 11) is 0. The Hall–Kier alpha value is -3.01. The Kier molecular flexibility index (Phi) is 16.8. The molecule has 2 N–H and O–H groups in total. The Labute approximate surface area is 249 Å². The number of amides is 3. The first kappa shape index (κ1) is 36.0. The highest BCUT2D eigenvalue weighted by Crippen LogP contribution is 2.25. The van der Waals surface area contributed by atoms with E-state index in [4.69, 9.17) is 11.2 Å². The highest BCUT2D eigenvalue weighted by Gasteiger charge is 2.36. The molecule has 7 heteroatoms. The summed E-state index contributed by atoms with van der Waals surface area (Å²) in [5.41, 5.74) is 0.693. The van der Waals surface area contributed by atoms with Crippen LogP contribution in [0.25, 0.3) is 0 Å². The molecule has 0 fully saturated rings. The van der Waals surface area contributed by atoms with Crippen LogP contribution in [-0.2, 0) is 14.3 Å². The molecule has 0 saturated carbocycles. The van der Waals surface area contributed by atoms with Crippen LogP contribution in [0.5, 0.6) is 0 Å². The standard InChI is InChI=1S/C34H55N3O4/c1-9-12-14-15-16-18-24-37(32(39)29(25-26(4)5)36-33(40)41-34(6,7)8)30(31(38)35-23-17-13-10-2)28-21-19-27(11-3)20-22-28/h3,19-22,26,29-30H,9-10,12-18,23-25H2,1-2,4-8H3,(H,35,38)(H,36,40). The summed E-state index contributed by atoms with van der Waals surface area (Å²) in [4.78, 5) is 42.5. The minimum atomic E-state index is -0.846. The zero-order valence-corrected chi connectivity index (χ0v) is 26.7. The van der Waals surface area contributed by atoms with Gasteiger partial charge in [-0.1, -0.05) is 90.7 Å². The lowest BCUT2D eigenvalue weighted by Gasteiger charge is -2.35. The van der Waals surface area contributed by atoms with E-state index < -0.39 is 23.8 Å². The van der Waals surface area contributed by atoms with Crippen molar-refractivity contribution in [1.82, 2.24) is 15.5 Å². The summed E-state index contributed by atoms with van der Waals surface area (Å²) in [6.45, 7) is 14.6. The van der Waals surface area contributed by atoms with Crippen molar-refractivity contribution in [3.05, 3.63) is 35.4 Å². The molecule has 2 unspecified atom stereocenters. The average Bonchev–Trinajstić information content (AvgIpc) is 2.90. The largest absolute Gasteiger partial charge is 0.444 e. The molecule has 3 amide bonds. The Balaban J connectivity index is 3.43. The molecule has 1 aromatic rings. The molecule has 0 spiro atoms. The van der Waals surface area contributed by atoms with Gasteiger partial charge in [0.1, 0.15) is 17.7 Å². The molecule has 0 bridgehead atoms. The number of alkyl carbamates (subject to hydrolysis) is 1. The number of hydrogen-bond donors (Lipinski definition) is 2. The van der Waals surface area contributed by atoms with Crippen molar-refractivity contribution in [2.45, 2.75) is 130 Å². The maximum atomic E-state index is 14.3. The number of carbonyl (C=O) groups is 3. The molecule has 0 aliphatic heterocycles. The van der Waals surface area contributed by atoms with E-state index in [9.17, 15) is 14.4 Å². The molecule has 0 radical (unpaired) electrons. The molecular weight excluding hydrogens is 514 g/mol. The fraction of sp³-hybridized carbons (Fsp3) is 0.676. The second-order valence-electron chi connectivity index (χ2n) is 12.3. The Morgan fingerprint density at radius 2 is 1.51 bits per heavy atom. The van der Waals surface area contributed by atoms with Crippen molar-refractivity contribution in [2.75, 3.05) is 13.1 Å². The van der Waals surface area contributed by atoms with E-state index in [0.717, 1.165) is 51.4 Å². The first-order valence-corrected chi connectivity index (χ1v) is 15.6. The maximum Gasteiger partial charge on any atom is 0.408 e. The molecular formula is C34H55N3O4. The van der Waals surface area contributed by atoms with Crippen LogP contribution >= 0.6 is 0 Å². The van der Waals surface area contributed by atoms with E-state index in [1.54, 1.807) is 37.8 Å². The number of carbonyl (C=O) groups excluding carboxylic acids is 3. The molecule has 0 aliphatic carbocycles. The zero-order valence-electron chi connectivity index (χ0n) is 26.7. The van der Waals surface area contributed by atoms with Crippen molar-refractivity contribution >= 4 is 17.9 Å². The quantitative estimate of drug-likeness (QED) is 0.145. The molecule has 230 valence electrons. The number of benzene rings is 1. The van der Waals surface area contributed by atoms with E-state index in [1.807, 2.05) is 26.0 Å². The first-order chi connectivity index (χ1) is 19.4. The summed E-state index contributed by atoms with van der Waals surface area (Å²) >= 11 is 0. The Bertz CT molecular complexity index is 960. The number of terminal acetylenes is 1. The summed E-state index contributed by atoms with van der Waals surface area (Å²) in [5.74, 6) is 2.24. The van der Waals surface area contributed by atoms with Gasteiger partial charge in [0.25, 0.3) is 0 Å². The normalized spacial score (nSPS) is 12.8. The highest BCUT2D eigenvalue weighted by atomic mass is 16.6. The van der Waals surface area contributed by atoms with Crippen LogP contribution in [0.1, 0.15) is 130 Å². The third-order valence-corrected chi connectivity index (χ3v) is 6.76. The van der Waals surface area contributed by atoms with Crippen molar-refractivity contribution in [2.24, 2.45) is 5.92 Å². The van der Waals surface area contributed by atoms with Gasteiger partial charge in [-0.25, -0.2) is 4.79 Å². The van der Waals surface area contributed by atoms with Gasteiger partial charge in [-0.2, -0.15) is 0 Å². The SMILES string of the molecule is C#Cc1ccc(C(C(=O)NCCCCC)N(CCCCCCCC)C(=O)C(CC(C)C)NC(=O)OC(C)(C)C)cc1. The molecule has 2 atom stereocenters. The fourth-order valence-electron chi connectivity index (χ4n) is 4.69. The second-order valence-corrected chi connectivity index (χ2v) is 12.3. The molecule has 0 heterocycles.